The Labute approximate surface area is 122 Å². The van der Waals surface area contributed by atoms with Gasteiger partial charge in [0.15, 0.2) is 0 Å². The van der Waals surface area contributed by atoms with Gasteiger partial charge in [-0.1, -0.05) is 6.92 Å². The summed E-state index contributed by atoms with van der Waals surface area (Å²) in [6.45, 7) is 5.00. The average molecular weight is 295 g/mol. The first-order valence-electron chi connectivity index (χ1n) is 6.83. The van der Waals surface area contributed by atoms with Crippen LogP contribution < -0.4 is 5.32 Å². The molecule has 0 bridgehead atoms. The second kappa shape index (κ2) is 6.95. The van der Waals surface area contributed by atoms with E-state index < -0.39 is 5.82 Å². The van der Waals surface area contributed by atoms with Crippen molar-refractivity contribution < 1.29 is 8.78 Å². The highest BCUT2D eigenvalue weighted by atomic mass is 32.1. The average Bonchev–Trinajstić information content (AvgIpc) is 2.85. The van der Waals surface area contributed by atoms with Crippen molar-refractivity contribution in [3.8, 4) is 0 Å². The molecule has 0 aliphatic heterocycles. The van der Waals surface area contributed by atoms with Crippen LogP contribution in [0.25, 0.3) is 0 Å². The van der Waals surface area contributed by atoms with Crippen molar-refractivity contribution in [3.05, 3.63) is 57.3 Å². The summed E-state index contributed by atoms with van der Waals surface area (Å²) in [5.74, 6) is -0.735. The molecule has 0 spiro atoms. The van der Waals surface area contributed by atoms with Crippen molar-refractivity contribution in [2.45, 2.75) is 32.7 Å². The summed E-state index contributed by atoms with van der Waals surface area (Å²) >= 11 is 1.70. The summed E-state index contributed by atoms with van der Waals surface area (Å²) in [7, 11) is 0. The molecule has 0 aliphatic rings. The quantitative estimate of drug-likeness (QED) is 0.820. The molecular formula is C16H19F2NS. The van der Waals surface area contributed by atoms with Gasteiger partial charge in [0, 0.05) is 15.8 Å². The Morgan fingerprint density at radius 2 is 2.00 bits per heavy atom. The molecule has 0 fully saturated rings. The minimum absolute atomic E-state index is 0.0324. The van der Waals surface area contributed by atoms with Crippen LogP contribution in [0.2, 0.25) is 0 Å². The molecule has 1 nitrogen and oxygen atoms in total. The van der Waals surface area contributed by atoms with Gasteiger partial charge in [0.05, 0.1) is 0 Å². The SMILES string of the molecule is CCCNC(Cc1cc(F)ccc1F)c1ccc(C)s1. The minimum atomic E-state index is -0.391. The van der Waals surface area contributed by atoms with E-state index in [0.717, 1.165) is 19.0 Å². The largest absolute Gasteiger partial charge is 0.309 e. The Bertz CT molecular complexity index is 565. The van der Waals surface area contributed by atoms with Gasteiger partial charge in [0.1, 0.15) is 11.6 Å². The van der Waals surface area contributed by atoms with Gasteiger partial charge < -0.3 is 5.32 Å². The molecule has 2 rings (SSSR count). The van der Waals surface area contributed by atoms with Crippen molar-refractivity contribution in [2.75, 3.05) is 6.54 Å². The van der Waals surface area contributed by atoms with Crippen molar-refractivity contribution in [2.24, 2.45) is 0 Å². The van der Waals surface area contributed by atoms with E-state index in [1.54, 1.807) is 11.3 Å². The van der Waals surface area contributed by atoms with Crippen molar-refractivity contribution in [1.29, 1.82) is 0 Å². The number of halogens is 2. The molecule has 108 valence electrons. The van der Waals surface area contributed by atoms with Crippen molar-refractivity contribution >= 4 is 11.3 Å². The van der Waals surface area contributed by atoms with E-state index in [2.05, 4.69) is 24.4 Å². The molecule has 20 heavy (non-hydrogen) atoms. The van der Waals surface area contributed by atoms with E-state index >= 15 is 0 Å². The van der Waals surface area contributed by atoms with E-state index in [-0.39, 0.29) is 11.9 Å². The number of benzene rings is 1. The molecule has 1 unspecified atom stereocenters. The summed E-state index contributed by atoms with van der Waals surface area (Å²) < 4.78 is 27.1. The Balaban J connectivity index is 2.21. The third-order valence-electron chi connectivity index (χ3n) is 3.18. The number of nitrogens with one attached hydrogen (secondary N) is 1. The first-order valence-corrected chi connectivity index (χ1v) is 7.65. The van der Waals surface area contributed by atoms with Crippen LogP contribution >= 0.6 is 11.3 Å². The highest BCUT2D eigenvalue weighted by Crippen LogP contribution is 2.27. The Morgan fingerprint density at radius 3 is 2.65 bits per heavy atom. The van der Waals surface area contributed by atoms with Gasteiger partial charge in [0.2, 0.25) is 0 Å². The smallest absolute Gasteiger partial charge is 0.126 e. The summed E-state index contributed by atoms with van der Waals surface area (Å²) in [6, 6.07) is 7.79. The van der Waals surface area contributed by atoms with Gasteiger partial charge in [0.25, 0.3) is 0 Å². The third kappa shape index (κ3) is 3.87. The molecule has 1 aromatic carbocycles. The zero-order valence-corrected chi connectivity index (χ0v) is 12.6. The molecule has 1 atom stereocenters. The fourth-order valence-corrected chi connectivity index (χ4v) is 3.11. The molecule has 4 heteroatoms. The van der Waals surface area contributed by atoms with Crippen LogP contribution in [0.15, 0.2) is 30.3 Å². The first kappa shape index (κ1) is 15.1. The van der Waals surface area contributed by atoms with Gasteiger partial charge in [-0.05, 0) is 62.2 Å². The maximum absolute atomic E-state index is 13.8. The number of rotatable bonds is 6. The molecule has 0 amide bonds. The van der Waals surface area contributed by atoms with E-state index in [1.807, 2.05) is 6.92 Å². The molecule has 0 radical (unpaired) electrons. The lowest BCUT2D eigenvalue weighted by Crippen LogP contribution is -2.23. The number of hydrogen-bond acceptors (Lipinski definition) is 2. The molecule has 0 saturated heterocycles. The van der Waals surface area contributed by atoms with Crippen LogP contribution in [0.1, 0.15) is 34.7 Å². The first-order chi connectivity index (χ1) is 9.60. The summed E-state index contributed by atoms with van der Waals surface area (Å²) in [5, 5.41) is 3.42. The van der Waals surface area contributed by atoms with Crippen LogP contribution in [0.4, 0.5) is 8.78 Å². The van der Waals surface area contributed by atoms with Gasteiger partial charge in [-0.2, -0.15) is 0 Å². The number of thiophene rings is 1. The maximum atomic E-state index is 13.8. The van der Waals surface area contributed by atoms with Gasteiger partial charge in [-0.3, -0.25) is 0 Å². The summed E-state index contributed by atoms with van der Waals surface area (Å²) in [6.07, 6.45) is 1.47. The maximum Gasteiger partial charge on any atom is 0.126 e. The second-order valence-electron chi connectivity index (χ2n) is 4.89. The van der Waals surface area contributed by atoms with Gasteiger partial charge in [-0.25, -0.2) is 8.78 Å². The van der Waals surface area contributed by atoms with Crippen LogP contribution in [0.5, 0.6) is 0 Å². The van der Waals surface area contributed by atoms with E-state index in [1.165, 1.54) is 21.9 Å². The topological polar surface area (TPSA) is 12.0 Å². The predicted octanol–water partition coefficient (Wildman–Crippen LogP) is 4.62. The molecule has 1 heterocycles. The van der Waals surface area contributed by atoms with E-state index in [4.69, 9.17) is 0 Å². The zero-order valence-electron chi connectivity index (χ0n) is 11.7. The Hall–Kier alpha value is -1.26. The van der Waals surface area contributed by atoms with Gasteiger partial charge >= 0.3 is 0 Å². The second-order valence-corrected chi connectivity index (χ2v) is 6.21. The molecule has 2 aromatic rings. The molecule has 1 N–H and O–H groups in total. The highest BCUT2D eigenvalue weighted by molar-refractivity contribution is 7.12. The van der Waals surface area contributed by atoms with E-state index in [9.17, 15) is 8.78 Å². The van der Waals surface area contributed by atoms with E-state index in [0.29, 0.717) is 12.0 Å². The lowest BCUT2D eigenvalue weighted by atomic mass is 10.0. The van der Waals surface area contributed by atoms with Crippen molar-refractivity contribution in [1.82, 2.24) is 5.32 Å². The van der Waals surface area contributed by atoms with Crippen LogP contribution in [-0.2, 0) is 6.42 Å². The summed E-state index contributed by atoms with van der Waals surface area (Å²) in [4.78, 5) is 2.39. The Morgan fingerprint density at radius 1 is 1.20 bits per heavy atom. The molecule has 0 saturated carbocycles. The monoisotopic (exact) mass is 295 g/mol. The number of aryl methyl sites for hydroxylation is 1. The van der Waals surface area contributed by atoms with Crippen LogP contribution in [0.3, 0.4) is 0 Å². The predicted molar refractivity (Wildman–Crippen MR) is 80.2 cm³/mol. The van der Waals surface area contributed by atoms with Crippen LogP contribution in [0, 0.1) is 18.6 Å². The van der Waals surface area contributed by atoms with Gasteiger partial charge in [-0.15, -0.1) is 11.3 Å². The summed E-state index contributed by atoms with van der Waals surface area (Å²) in [5.41, 5.74) is 0.421. The lowest BCUT2D eigenvalue weighted by Gasteiger charge is -2.17. The standard InChI is InChI=1S/C16H19F2NS/c1-3-8-19-15(16-7-4-11(2)20-16)10-12-9-13(17)5-6-14(12)18/h4-7,9,15,19H,3,8,10H2,1-2H3. The minimum Gasteiger partial charge on any atom is -0.309 e. The zero-order chi connectivity index (χ0) is 14.5. The lowest BCUT2D eigenvalue weighted by molar-refractivity contribution is 0.514. The molecule has 1 aromatic heterocycles. The van der Waals surface area contributed by atoms with Crippen LogP contribution in [-0.4, -0.2) is 6.54 Å². The normalized spacial score (nSPS) is 12.6. The highest BCUT2D eigenvalue weighted by Gasteiger charge is 2.16. The fourth-order valence-electron chi connectivity index (χ4n) is 2.15. The molecular weight excluding hydrogens is 276 g/mol. The third-order valence-corrected chi connectivity index (χ3v) is 4.29. The fraction of sp³-hybridized carbons (Fsp3) is 0.375. The Kier molecular flexibility index (Phi) is 5.26. The molecule has 0 aliphatic carbocycles. The number of hydrogen-bond donors (Lipinski definition) is 1. The van der Waals surface area contributed by atoms with Crippen molar-refractivity contribution in [3.63, 3.8) is 0 Å².